The second-order valence-electron chi connectivity index (χ2n) is 4.25. The molecule has 2 heteroatoms. The van der Waals surface area contributed by atoms with Gasteiger partial charge in [0, 0.05) is 0 Å². The molecule has 83 valence electrons. The Kier molecular flexibility index (Phi) is 2.41. The molecule has 1 aliphatic rings. The van der Waals surface area contributed by atoms with Gasteiger partial charge in [-0.15, -0.1) is 0 Å². The lowest BCUT2D eigenvalue weighted by atomic mass is 9.88. The number of hydrogen-bond donors (Lipinski definition) is 0. The predicted molar refractivity (Wildman–Crippen MR) is 66.1 cm³/mol. The topological polar surface area (TPSA) is 31.2 Å². The second-order valence-corrected chi connectivity index (χ2v) is 4.25. The molecule has 3 rings (SSSR count). The van der Waals surface area contributed by atoms with E-state index >= 15 is 0 Å². The summed E-state index contributed by atoms with van der Waals surface area (Å²) in [5.74, 6) is -0.152. The van der Waals surface area contributed by atoms with Gasteiger partial charge in [-0.1, -0.05) is 48.5 Å². The Morgan fingerprint density at radius 2 is 1.65 bits per heavy atom. The van der Waals surface area contributed by atoms with Crippen molar-refractivity contribution >= 4 is 11.6 Å². The van der Waals surface area contributed by atoms with Crippen molar-refractivity contribution in [2.24, 2.45) is 0 Å². The van der Waals surface area contributed by atoms with E-state index in [4.69, 9.17) is 0 Å². The molecule has 2 aromatic carbocycles. The van der Waals surface area contributed by atoms with E-state index in [-0.39, 0.29) is 11.8 Å². The normalized spacial score (nSPS) is 18.4. The summed E-state index contributed by atoms with van der Waals surface area (Å²) in [5.41, 5.74) is 3.03. The van der Waals surface area contributed by atoms with E-state index in [0.717, 1.165) is 23.2 Å². The quantitative estimate of drug-likeness (QED) is 0.730. The van der Waals surface area contributed by atoms with Gasteiger partial charge >= 0.3 is 0 Å². The van der Waals surface area contributed by atoms with Gasteiger partial charge in [0.05, 0.1) is 11.6 Å². The molecule has 0 saturated heterocycles. The third-order valence-corrected chi connectivity index (χ3v) is 3.15. The average Bonchev–Trinajstić information content (AvgIpc) is 2.39. The smallest absolute Gasteiger partial charge is 0.254 e. The standard InChI is InChI=1S/C15H12NO/c17-15-13(11-6-2-1-3-7-11)10-12-8-4-5-9-14(12)16-15/h1-9,13H,10H2. The first-order valence-electron chi connectivity index (χ1n) is 5.73. The summed E-state index contributed by atoms with van der Waals surface area (Å²) >= 11 is 0. The van der Waals surface area contributed by atoms with Crippen molar-refractivity contribution in [2.45, 2.75) is 12.3 Å². The SMILES string of the molecule is O=C1[N]c2ccccc2CC1c1ccccc1. The molecule has 0 bridgehead atoms. The molecule has 1 amide bonds. The van der Waals surface area contributed by atoms with Crippen LogP contribution in [0.5, 0.6) is 0 Å². The first-order valence-corrected chi connectivity index (χ1v) is 5.73. The summed E-state index contributed by atoms with van der Waals surface area (Å²) in [6.45, 7) is 0. The molecule has 17 heavy (non-hydrogen) atoms. The summed E-state index contributed by atoms with van der Waals surface area (Å²) in [5, 5.41) is 4.16. The fourth-order valence-corrected chi connectivity index (χ4v) is 2.24. The van der Waals surface area contributed by atoms with Gasteiger partial charge in [0.15, 0.2) is 0 Å². The minimum atomic E-state index is -0.119. The van der Waals surface area contributed by atoms with Gasteiger partial charge in [-0.2, -0.15) is 0 Å². The Balaban J connectivity index is 1.98. The van der Waals surface area contributed by atoms with Gasteiger partial charge in [0.25, 0.3) is 5.91 Å². The van der Waals surface area contributed by atoms with Gasteiger partial charge in [-0.25, -0.2) is 5.32 Å². The zero-order valence-electron chi connectivity index (χ0n) is 9.34. The number of rotatable bonds is 1. The fourth-order valence-electron chi connectivity index (χ4n) is 2.24. The maximum absolute atomic E-state index is 12.0. The molecule has 0 saturated carbocycles. The molecule has 1 unspecified atom stereocenters. The molecule has 0 fully saturated rings. The van der Waals surface area contributed by atoms with E-state index in [1.165, 1.54) is 0 Å². The monoisotopic (exact) mass is 222 g/mol. The maximum atomic E-state index is 12.0. The largest absolute Gasteiger partial charge is 0.272 e. The third kappa shape index (κ3) is 1.82. The van der Waals surface area contributed by atoms with E-state index in [1.54, 1.807) is 0 Å². The fraction of sp³-hybridized carbons (Fsp3) is 0.133. The lowest BCUT2D eigenvalue weighted by Crippen LogP contribution is -2.27. The number of amides is 1. The number of carbonyl (C=O) groups excluding carboxylic acids is 1. The van der Waals surface area contributed by atoms with Gasteiger partial charge in [0.1, 0.15) is 0 Å². The van der Waals surface area contributed by atoms with Crippen LogP contribution in [0.25, 0.3) is 0 Å². The number of nitrogens with zero attached hydrogens (tertiary/aromatic N) is 1. The van der Waals surface area contributed by atoms with Crippen LogP contribution in [0.3, 0.4) is 0 Å². The number of para-hydroxylation sites is 1. The molecule has 0 aromatic heterocycles. The molecule has 0 N–H and O–H groups in total. The summed E-state index contributed by atoms with van der Waals surface area (Å²) < 4.78 is 0. The molecule has 1 heterocycles. The van der Waals surface area contributed by atoms with Crippen molar-refractivity contribution in [3.05, 3.63) is 65.7 Å². The number of hydrogen-bond acceptors (Lipinski definition) is 1. The van der Waals surface area contributed by atoms with E-state index in [9.17, 15) is 4.79 Å². The van der Waals surface area contributed by atoms with Gasteiger partial charge in [0.2, 0.25) is 0 Å². The van der Waals surface area contributed by atoms with Crippen molar-refractivity contribution in [1.29, 1.82) is 0 Å². The first-order chi connectivity index (χ1) is 8.34. The maximum Gasteiger partial charge on any atom is 0.254 e. The first kappa shape index (κ1) is 10.1. The number of benzene rings is 2. The van der Waals surface area contributed by atoms with Crippen LogP contribution in [0.1, 0.15) is 17.0 Å². The highest BCUT2D eigenvalue weighted by molar-refractivity contribution is 5.90. The van der Waals surface area contributed by atoms with Crippen LogP contribution in [-0.4, -0.2) is 5.91 Å². The Morgan fingerprint density at radius 3 is 2.47 bits per heavy atom. The van der Waals surface area contributed by atoms with E-state index in [1.807, 2.05) is 54.6 Å². The molecule has 2 aromatic rings. The Hall–Kier alpha value is -2.09. The zero-order chi connectivity index (χ0) is 11.7. The summed E-state index contributed by atoms with van der Waals surface area (Å²) in [7, 11) is 0. The van der Waals surface area contributed by atoms with Crippen molar-refractivity contribution in [1.82, 2.24) is 5.32 Å². The molecule has 1 aliphatic heterocycles. The van der Waals surface area contributed by atoms with Crippen LogP contribution in [0, 0.1) is 0 Å². The predicted octanol–water partition coefficient (Wildman–Crippen LogP) is 2.79. The Morgan fingerprint density at radius 1 is 0.941 bits per heavy atom. The van der Waals surface area contributed by atoms with E-state index in [0.29, 0.717) is 0 Å². The minimum absolute atomic E-state index is 0.0325. The number of fused-ring (bicyclic) bond motifs is 1. The van der Waals surface area contributed by atoms with Crippen LogP contribution in [-0.2, 0) is 11.2 Å². The van der Waals surface area contributed by atoms with Gasteiger partial charge in [-0.3, -0.25) is 4.79 Å². The molecule has 2 nitrogen and oxygen atoms in total. The highest BCUT2D eigenvalue weighted by Gasteiger charge is 2.28. The molecule has 0 spiro atoms. The molecule has 1 radical (unpaired) electrons. The lowest BCUT2D eigenvalue weighted by molar-refractivity contribution is -0.122. The summed E-state index contributed by atoms with van der Waals surface area (Å²) in [6.07, 6.45) is 0.753. The van der Waals surface area contributed by atoms with Crippen LogP contribution in [0.15, 0.2) is 54.6 Å². The Bertz CT molecular complexity index is 548. The summed E-state index contributed by atoms with van der Waals surface area (Å²) in [6, 6.07) is 17.7. The third-order valence-electron chi connectivity index (χ3n) is 3.15. The molecule has 0 aliphatic carbocycles. The zero-order valence-corrected chi connectivity index (χ0v) is 9.34. The van der Waals surface area contributed by atoms with Crippen LogP contribution < -0.4 is 5.32 Å². The van der Waals surface area contributed by atoms with Crippen LogP contribution in [0.2, 0.25) is 0 Å². The second kappa shape index (κ2) is 4.06. The lowest BCUT2D eigenvalue weighted by Gasteiger charge is -2.22. The molecular formula is C15H12NO. The van der Waals surface area contributed by atoms with Gasteiger partial charge < -0.3 is 0 Å². The van der Waals surface area contributed by atoms with Gasteiger partial charge in [-0.05, 0) is 23.6 Å². The van der Waals surface area contributed by atoms with Crippen molar-refractivity contribution in [2.75, 3.05) is 0 Å². The van der Waals surface area contributed by atoms with Crippen LogP contribution >= 0.6 is 0 Å². The Labute approximate surface area is 100 Å². The highest BCUT2D eigenvalue weighted by atomic mass is 16.1. The van der Waals surface area contributed by atoms with E-state index in [2.05, 4.69) is 5.32 Å². The van der Waals surface area contributed by atoms with Crippen molar-refractivity contribution in [3.63, 3.8) is 0 Å². The van der Waals surface area contributed by atoms with Crippen molar-refractivity contribution in [3.8, 4) is 0 Å². The van der Waals surface area contributed by atoms with Crippen molar-refractivity contribution < 1.29 is 4.79 Å². The minimum Gasteiger partial charge on any atom is -0.272 e. The number of carbonyl (C=O) groups is 1. The van der Waals surface area contributed by atoms with E-state index < -0.39 is 0 Å². The molecule has 1 atom stereocenters. The highest BCUT2D eigenvalue weighted by Crippen LogP contribution is 2.31. The average molecular weight is 222 g/mol. The molecular weight excluding hydrogens is 210 g/mol. The summed E-state index contributed by atoms with van der Waals surface area (Å²) in [4.78, 5) is 12.0. The van der Waals surface area contributed by atoms with Crippen LogP contribution in [0.4, 0.5) is 5.69 Å².